The molecule has 160 valence electrons. The molecule has 9 heteroatoms. The number of hydrogen-bond donors (Lipinski definition) is 2. The summed E-state index contributed by atoms with van der Waals surface area (Å²) in [4.78, 5) is 27.5. The number of nitro groups is 1. The van der Waals surface area contributed by atoms with Crippen molar-refractivity contribution < 1.29 is 18.5 Å². The van der Waals surface area contributed by atoms with Crippen LogP contribution in [-0.4, -0.2) is 34.8 Å². The summed E-state index contributed by atoms with van der Waals surface area (Å²) in [6.07, 6.45) is 3.82. The maximum absolute atomic E-state index is 12.8. The Morgan fingerprint density at radius 2 is 2.00 bits per heavy atom. The van der Waals surface area contributed by atoms with E-state index in [1.54, 1.807) is 24.4 Å². The summed E-state index contributed by atoms with van der Waals surface area (Å²) < 4.78 is 25.7. The fraction of sp³-hybridized carbons (Fsp3) is 0.429. The zero-order valence-electron chi connectivity index (χ0n) is 16.7. The molecule has 0 atom stereocenters. The average molecular weight is 418 g/mol. The third-order valence-corrected chi connectivity index (χ3v) is 4.88. The van der Waals surface area contributed by atoms with Crippen molar-refractivity contribution >= 4 is 17.4 Å². The predicted molar refractivity (Wildman–Crippen MR) is 110 cm³/mol. The fourth-order valence-corrected chi connectivity index (χ4v) is 3.00. The molecule has 0 unspecified atom stereocenters. The summed E-state index contributed by atoms with van der Waals surface area (Å²) in [6, 6.07) is 7.85. The highest BCUT2D eigenvalue weighted by Gasteiger charge is 2.25. The van der Waals surface area contributed by atoms with Gasteiger partial charge < -0.3 is 10.6 Å². The van der Waals surface area contributed by atoms with Crippen molar-refractivity contribution in [2.45, 2.75) is 38.5 Å². The minimum absolute atomic E-state index is 0.0147. The second kappa shape index (κ2) is 9.15. The summed E-state index contributed by atoms with van der Waals surface area (Å²) in [6.45, 7) is 1.79. The molecule has 1 amide bonds. The van der Waals surface area contributed by atoms with Crippen LogP contribution in [0.15, 0.2) is 36.5 Å². The van der Waals surface area contributed by atoms with Crippen LogP contribution in [0.4, 0.5) is 20.3 Å². The zero-order chi connectivity index (χ0) is 21.7. The number of nitrogens with one attached hydrogen (secondary N) is 2. The first-order valence-corrected chi connectivity index (χ1v) is 9.88. The van der Waals surface area contributed by atoms with Crippen LogP contribution < -0.4 is 10.6 Å². The number of anilines is 1. The highest BCUT2D eigenvalue weighted by Crippen LogP contribution is 2.29. The number of rotatable bonds is 10. The van der Waals surface area contributed by atoms with E-state index in [0.717, 1.165) is 19.8 Å². The largest absolute Gasteiger partial charge is 0.370 e. The van der Waals surface area contributed by atoms with Gasteiger partial charge in [-0.3, -0.25) is 14.9 Å². The van der Waals surface area contributed by atoms with Crippen molar-refractivity contribution in [3.05, 3.63) is 52.2 Å². The van der Waals surface area contributed by atoms with Crippen LogP contribution in [-0.2, 0) is 0 Å². The highest BCUT2D eigenvalue weighted by molar-refractivity contribution is 5.99. The quantitative estimate of drug-likeness (QED) is 0.333. The van der Waals surface area contributed by atoms with Crippen molar-refractivity contribution in [3.8, 4) is 11.1 Å². The molecule has 1 heterocycles. The predicted octanol–water partition coefficient (Wildman–Crippen LogP) is 4.64. The second-order valence-corrected chi connectivity index (χ2v) is 7.68. The van der Waals surface area contributed by atoms with Gasteiger partial charge in [-0.05, 0) is 61.9 Å². The molecule has 0 spiro atoms. The summed E-state index contributed by atoms with van der Waals surface area (Å²) in [5.74, 6) is -2.14. The molecule has 0 saturated heterocycles. The number of pyridine rings is 1. The van der Waals surface area contributed by atoms with Crippen molar-refractivity contribution in [2.75, 3.05) is 18.4 Å². The number of halogens is 2. The molecule has 1 aliphatic rings. The number of benzene rings is 1. The highest BCUT2D eigenvalue weighted by atomic mass is 19.3. The third kappa shape index (κ3) is 6.20. The molecule has 1 aromatic carbocycles. The first kappa shape index (κ1) is 21.6. The van der Waals surface area contributed by atoms with E-state index in [0.29, 0.717) is 42.4 Å². The third-order valence-electron chi connectivity index (χ3n) is 4.88. The van der Waals surface area contributed by atoms with E-state index in [1.165, 1.54) is 12.1 Å². The van der Waals surface area contributed by atoms with Crippen LogP contribution in [0.1, 0.15) is 43.0 Å². The molecule has 1 saturated carbocycles. The number of amides is 1. The first-order valence-electron chi connectivity index (χ1n) is 9.88. The number of aromatic nitrogens is 1. The number of hydrogen-bond acceptors (Lipinski definition) is 5. The molecule has 0 bridgehead atoms. The number of carbonyl (C=O) groups excluding carboxylic acids is 1. The van der Waals surface area contributed by atoms with E-state index >= 15 is 0 Å². The lowest BCUT2D eigenvalue weighted by atomic mass is 10.0. The molecule has 0 radical (unpaired) electrons. The molecule has 1 fully saturated rings. The summed E-state index contributed by atoms with van der Waals surface area (Å²) in [5, 5.41) is 17.1. The zero-order valence-corrected chi connectivity index (χ0v) is 16.7. The summed E-state index contributed by atoms with van der Waals surface area (Å²) in [5.41, 5.74) is 1.08. The molecule has 2 N–H and O–H groups in total. The standard InChI is InChI=1S/C21H24F2N4O3/c1-21(22,23)9-2-10-24-19-8-6-16(13-25-19)15-5-7-18(27(29)30)17(11-15)20(28)26-12-14-3-4-14/h5-8,11,13-14H,2-4,9-10,12H2,1H3,(H,24,25)(H,26,28). The Kier molecular flexibility index (Phi) is 6.59. The summed E-state index contributed by atoms with van der Waals surface area (Å²) in [7, 11) is 0. The number of carbonyl (C=O) groups is 1. The number of alkyl halides is 2. The van der Waals surface area contributed by atoms with Gasteiger partial charge in [-0.2, -0.15) is 0 Å². The van der Waals surface area contributed by atoms with Gasteiger partial charge in [0.2, 0.25) is 5.92 Å². The van der Waals surface area contributed by atoms with Crippen molar-refractivity contribution in [1.29, 1.82) is 0 Å². The topological polar surface area (TPSA) is 97.2 Å². The van der Waals surface area contributed by atoms with Gasteiger partial charge in [-0.1, -0.05) is 0 Å². The minimum atomic E-state index is -2.68. The van der Waals surface area contributed by atoms with Gasteiger partial charge in [0.25, 0.3) is 11.6 Å². The van der Waals surface area contributed by atoms with Gasteiger partial charge in [0.05, 0.1) is 4.92 Å². The van der Waals surface area contributed by atoms with E-state index in [1.807, 2.05) is 0 Å². The smallest absolute Gasteiger partial charge is 0.282 e. The Bertz CT molecular complexity index is 909. The van der Waals surface area contributed by atoms with Crippen LogP contribution in [0.25, 0.3) is 11.1 Å². The Balaban J connectivity index is 1.69. The SMILES string of the molecule is CC(F)(F)CCCNc1ccc(-c2ccc([N+](=O)[O-])c(C(=O)NCC3CC3)c2)cn1. The lowest BCUT2D eigenvalue weighted by molar-refractivity contribution is -0.385. The van der Waals surface area contributed by atoms with E-state index < -0.39 is 16.8 Å². The van der Waals surface area contributed by atoms with Gasteiger partial charge in [0.15, 0.2) is 0 Å². The molecule has 30 heavy (non-hydrogen) atoms. The van der Waals surface area contributed by atoms with E-state index in [4.69, 9.17) is 0 Å². The fourth-order valence-electron chi connectivity index (χ4n) is 3.00. The maximum Gasteiger partial charge on any atom is 0.282 e. The van der Waals surface area contributed by atoms with Crippen LogP contribution >= 0.6 is 0 Å². The Morgan fingerprint density at radius 1 is 1.27 bits per heavy atom. The Morgan fingerprint density at radius 3 is 2.60 bits per heavy atom. The van der Waals surface area contributed by atoms with Gasteiger partial charge in [-0.15, -0.1) is 0 Å². The lowest BCUT2D eigenvalue weighted by Gasteiger charge is -2.11. The van der Waals surface area contributed by atoms with Crippen molar-refractivity contribution in [1.82, 2.24) is 10.3 Å². The maximum atomic E-state index is 12.8. The van der Waals surface area contributed by atoms with E-state index in [-0.39, 0.29) is 17.7 Å². The van der Waals surface area contributed by atoms with Gasteiger partial charge in [0.1, 0.15) is 11.4 Å². The molecule has 3 rings (SSSR count). The van der Waals surface area contributed by atoms with E-state index in [9.17, 15) is 23.7 Å². The summed E-state index contributed by atoms with van der Waals surface area (Å²) >= 11 is 0. The molecule has 7 nitrogen and oxygen atoms in total. The Hall–Kier alpha value is -3.10. The van der Waals surface area contributed by atoms with Crippen LogP contribution in [0.5, 0.6) is 0 Å². The van der Waals surface area contributed by atoms with Gasteiger partial charge in [0, 0.05) is 37.3 Å². The van der Waals surface area contributed by atoms with E-state index in [2.05, 4.69) is 15.6 Å². The molecular weight excluding hydrogens is 394 g/mol. The number of nitro benzene ring substituents is 1. The van der Waals surface area contributed by atoms with Crippen LogP contribution in [0, 0.1) is 16.0 Å². The average Bonchev–Trinajstić information content (AvgIpc) is 3.53. The normalized spacial score (nSPS) is 13.7. The molecular formula is C21H24F2N4O3. The van der Waals surface area contributed by atoms with Gasteiger partial charge in [-0.25, -0.2) is 13.8 Å². The second-order valence-electron chi connectivity index (χ2n) is 7.68. The van der Waals surface area contributed by atoms with Crippen molar-refractivity contribution in [3.63, 3.8) is 0 Å². The molecule has 1 aromatic heterocycles. The number of nitrogens with zero attached hydrogens (tertiary/aromatic N) is 2. The van der Waals surface area contributed by atoms with Crippen LogP contribution in [0.2, 0.25) is 0 Å². The van der Waals surface area contributed by atoms with Crippen LogP contribution in [0.3, 0.4) is 0 Å². The molecule has 2 aromatic rings. The van der Waals surface area contributed by atoms with Crippen molar-refractivity contribution in [2.24, 2.45) is 5.92 Å². The molecule has 1 aliphatic carbocycles. The minimum Gasteiger partial charge on any atom is -0.370 e. The Labute approximate surface area is 173 Å². The van der Waals surface area contributed by atoms with Gasteiger partial charge >= 0.3 is 0 Å². The monoisotopic (exact) mass is 418 g/mol. The lowest BCUT2D eigenvalue weighted by Crippen LogP contribution is -2.26. The molecule has 0 aliphatic heterocycles. The first-order chi connectivity index (χ1) is 14.2.